The molecule has 6 nitrogen and oxygen atoms in total. The molecule has 45 heavy (non-hydrogen) atoms. The Morgan fingerprint density at radius 3 is 1.62 bits per heavy atom. The van der Waals surface area contributed by atoms with E-state index in [9.17, 15) is 8.78 Å². The second kappa shape index (κ2) is 16.0. The standard InChI is InChI=1S/C18H10FN3.C10H5FIN3.C8H6/c1-20-17-11-15(19)12-18(13-17)22-10-9-16(21-22)8-7-14-5-3-2-4-6-14;1-13-8-4-7(11)5-9(6-8)15-3-2-10(12)14-15;1-2-8-6-4-3-5-7-8/h2-6,9-13H;2-6H;1,3-7H. The van der Waals surface area contributed by atoms with Crippen molar-refractivity contribution in [2.45, 2.75) is 0 Å². The molecule has 6 rings (SSSR count). The minimum absolute atomic E-state index is 0.238. The summed E-state index contributed by atoms with van der Waals surface area (Å²) >= 11 is 2.07. The van der Waals surface area contributed by atoms with Gasteiger partial charge in [-0.25, -0.2) is 27.8 Å². The van der Waals surface area contributed by atoms with Crippen LogP contribution in [0.3, 0.4) is 0 Å². The van der Waals surface area contributed by atoms with Crippen molar-refractivity contribution in [3.8, 4) is 35.6 Å². The first kappa shape index (κ1) is 31.9. The monoisotopic (exact) mass is 702 g/mol. The van der Waals surface area contributed by atoms with Gasteiger partial charge in [-0.15, -0.1) is 6.42 Å². The zero-order valence-electron chi connectivity index (χ0n) is 23.4. The van der Waals surface area contributed by atoms with Gasteiger partial charge in [0.25, 0.3) is 0 Å². The number of rotatable bonds is 2. The number of halogens is 3. The lowest BCUT2D eigenvalue weighted by Gasteiger charge is -2.01. The van der Waals surface area contributed by atoms with Crippen LogP contribution >= 0.6 is 22.6 Å². The number of nitrogens with zero attached hydrogens (tertiary/aromatic N) is 6. The summed E-state index contributed by atoms with van der Waals surface area (Å²) in [5.41, 5.74) is 3.99. The van der Waals surface area contributed by atoms with Crippen LogP contribution < -0.4 is 0 Å². The van der Waals surface area contributed by atoms with Crippen LogP contribution in [0.1, 0.15) is 16.8 Å². The third-order valence-corrected chi connectivity index (χ3v) is 6.29. The van der Waals surface area contributed by atoms with Crippen molar-refractivity contribution >= 4 is 34.0 Å². The van der Waals surface area contributed by atoms with Crippen molar-refractivity contribution < 1.29 is 8.78 Å². The van der Waals surface area contributed by atoms with Crippen molar-refractivity contribution in [1.82, 2.24) is 19.6 Å². The van der Waals surface area contributed by atoms with Crippen molar-refractivity contribution in [2.24, 2.45) is 0 Å². The molecule has 0 aliphatic carbocycles. The molecule has 6 aromatic rings. The molecule has 0 bridgehead atoms. The first-order valence-corrected chi connectivity index (χ1v) is 14.2. The van der Waals surface area contributed by atoms with Gasteiger partial charge in [0.1, 0.15) is 21.0 Å². The predicted molar refractivity (Wildman–Crippen MR) is 179 cm³/mol. The van der Waals surface area contributed by atoms with Crippen LogP contribution in [-0.4, -0.2) is 19.6 Å². The van der Waals surface area contributed by atoms with Gasteiger partial charge in [-0.05, 0) is 101 Å². The third-order valence-electron chi connectivity index (χ3n) is 5.72. The lowest BCUT2D eigenvalue weighted by molar-refractivity contribution is 0.626. The van der Waals surface area contributed by atoms with Crippen LogP contribution in [0.5, 0.6) is 0 Å². The fourth-order valence-electron chi connectivity index (χ4n) is 3.68. The maximum absolute atomic E-state index is 13.5. The molecule has 0 aliphatic rings. The second-order valence-corrected chi connectivity index (χ2v) is 10.0. The number of terminal acetylenes is 1. The van der Waals surface area contributed by atoms with Crippen molar-refractivity contribution in [3.05, 3.63) is 177 Å². The molecule has 0 saturated heterocycles. The Kier molecular flexibility index (Phi) is 11.4. The lowest BCUT2D eigenvalue weighted by atomic mass is 10.2. The molecular formula is C36H21F2IN6. The Morgan fingerprint density at radius 2 is 1.16 bits per heavy atom. The van der Waals surface area contributed by atoms with E-state index < -0.39 is 11.6 Å². The van der Waals surface area contributed by atoms with Gasteiger partial charge in [-0.2, -0.15) is 10.2 Å². The van der Waals surface area contributed by atoms with Gasteiger partial charge in [0.2, 0.25) is 0 Å². The molecule has 216 valence electrons. The van der Waals surface area contributed by atoms with Gasteiger partial charge in [0.05, 0.1) is 24.5 Å². The molecule has 0 unspecified atom stereocenters. The van der Waals surface area contributed by atoms with Gasteiger partial charge >= 0.3 is 0 Å². The minimum atomic E-state index is -0.462. The highest BCUT2D eigenvalue weighted by Crippen LogP contribution is 2.21. The van der Waals surface area contributed by atoms with E-state index in [1.54, 1.807) is 35.3 Å². The maximum atomic E-state index is 13.5. The largest absolute Gasteiger partial charge is 0.241 e. The van der Waals surface area contributed by atoms with Gasteiger partial charge in [0.15, 0.2) is 11.4 Å². The SMILES string of the molecule is C#Cc1ccccc1.[C-]#[N+]c1cc(F)cc(-n2ccc(C#Cc3ccccc3)n2)c1.[C-]#[N+]c1cc(F)cc(-n2ccc(I)n2)c1. The molecule has 9 heteroatoms. The summed E-state index contributed by atoms with van der Waals surface area (Å²) in [6.07, 6.45) is 8.52. The zero-order chi connectivity index (χ0) is 32.0. The topological polar surface area (TPSA) is 44.4 Å². The Labute approximate surface area is 273 Å². The van der Waals surface area contributed by atoms with Crippen molar-refractivity contribution in [1.29, 1.82) is 0 Å². The average molecular weight is 703 g/mol. The van der Waals surface area contributed by atoms with Crippen molar-refractivity contribution in [2.75, 3.05) is 0 Å². The molecule has 0 saturated carbocycles. The summed E-state index contributed by atoms with van der Waals surface area (Å²) in [4.78, 5) is 6.43. The zero-order valence-corrected chi connectivity index (χ0v) is 25.6. The highest BCUT2D eigenvalue weighted by molar-refractivity contribution is 14.1. The van der Waals surface area contributed by atoms with E-state index in [0.29, 0.717) is 17.1 Å². The summed E-state index contributed by atoms with van der Waals surface area (Å²) in [6, 6.07) is 31.0. The molecule has 0 radical (unpaired) electrons. The van der Waals surface area contributed by atoms with E-state index in [2.05, 4.69) is 60.2 Å². The van der Waals surface area contributed by atoms with Crippen LogP contribution in [0.2, 0.25) is 0 Å². The van der Waals surface area contributed by atoms with E-state index in [0.717, 1.165) is 14.8 Å². The molecule has 2 heterocycles. The number of hydrogen-bond acceptors (Lipinski definition) is 2. The van der Waals surface area contributed by atoms with Gasteiger partial charge < -0.3 is 0 Å². The quantitative estimate of drug-likeness (QED) is 0.103. The normalized spacial score (nSPS) is 9.42. The number of aromatic nitrogens is 4. The van der Waals surface area contributed by atoms with Gasteiger partial charge in [-0.3, -0.25) is 0 Å². The van der Waals surface area contributed by atoms with E-state index in [1.165, 1.54) is 28.9 Å². The number of benzene rings is 4. The maximum Gasteiger partial charge on any atom is 0.192 e. The summed E-state index contributed by atoms with van der Waals surface area (Å²) in [6.45, 7) is 13.8. The third kappa shape index (κ3) is 9.76. The lowest BCUT2D eigenvalue weighted by Crippen LogP contribution is -1.95. The Bertz CT molecular complexity index is 2090. The Balaban J connectivity index is 0.000000172. The number of hydrogen-bond donors (Lipinski definition) is 0. The summed E-state index contributed by atoms with van der Waals surface area (Å²) in [5.74, 6) is 7.61. The molecule has 0 atom stereocenters. The Hall–Kier alpha value is -6.01. The fourth-order valence-corrected chi connectivity index (χ4v) is 4.08. The minimum Gasteiger partial charge on any atom is -0.241 e. The molecular weight excluding hydrogens is 681 g/mol. The Morgan fingerprint density at radius 1 is 0.644 bits per heavy atom. The highest BCUT2D eigenvalue weighted by Gasteiger charge is 2.05. The average Bonchev–Trinajstić information content (AvgIpc) is 3.74. The first-order chi connectivity index (χ1) is 21.9. The van der Waals surface area contributed by atoms with Crippen LogP contribution in [0.25, 0.3) is 21.1 Å². The molecule has 0 N–H and O–H groups in total. The molecule has 0 fully saturated rings. The molecule has 4 aromatic carbocycles. The first-order valence-electron chi connectivity index (χ1n) is 13.1. The molecule has 2 aromatic heterocycles. The van der Waals surface area contributed by atoms with Crippen LogP contribution in [0.15, 0.2) is 122 Å². The van der Waals surface area contributed by atoms with E-state index in [-0.39, 0.29) is 11.4 Å². The fraction of sp³-hybridized carbons (Fsp3) is 0. The van der Waals surface area contributed by atoms with Gasteiger partial charge in [0, 0.05) is 23.5 Å². The smallest absolute Gasteiger partial charge is 0.192 e. The highest BCUT2D eigenvalue weighted by atomic mass is 127. The van der Waals surface area contributed by atoms with E-state index in [4.69, 9.17) is 19.6 Å². The van der Waals surface area contributed by atoms with Crippen molar-refractivity contribution in [3.63, 3.8) is 0 Å². The summed E-state index contributed by atoms with van der Waals surface area (Å²) in [5, 5.41) is 8.42. The van der Waals surface area contributed by atoms with Crippen LogP contribution in [0, 0.1) is 52.7 Å². The summed E-state index contributed by atoms with van der Waals surface area (Å²) < 4.78 is 30.5. The van der Waals surface area contributed by atoms with E-state index in [1.807, 2.05) is 66.7 Å². The summed E-state index contributed by atoms with van der Waals surface area (Å²) in [7, 11) is 0. The second-order valence-electron chi connectivity index (χ2n) is 8.91. The molecule has 0 spiro atoms. The molecule has 0 amide bonds. The predicted octanol–water partition coefficient (Wildman–Crippen LogP) is 8.80. The molecule has 0 aliphatic heterocycles. The van der Waals surface area contributed by atoms with Crippen LogP contribution in [0.4, 0.5) is 20.2 Å². The van der Waals surface area contributed by atoms with Gasteiger partial charge in [-0.1, -0.05) is 48.2 Å². The van der Waals surface area contributed by atoms with E-state index >= 15 is 0 Å². The van der Waals surface area contributed by atoms with Crippen LogP contribution in [-0.2, 0) is 0 Å².